The summed E-state index contributed by atoms with van der Waals surface area (Å²) < 4.78 is 1.67. The van der Waals surface area contributed by atoms with Crippen LogP contribution in [0.15, 0.2) is 0 Å². The minimum absolute atomic E-state index is 0.362. The van der Waals surface area contributed by atoms with Crippen molar-refractivity contribution in [3.05, 3.63) is 17.2 Å². The summed E-state index contributed by atoms with van der Waals surface area (Å²) in [7, 11) is 1.77. The normalized spacial score (nSPS) is 16.6. The van der Waals surface area contributed by atoms with Gasteiger partial charge < -0.3 is 9.67 Å². The van der Waals surface area contributed by atoms with E-state index in [1.165, 1.54) is 25.7 Å². The Morgan fingerprint density at radius 1 is 1.47 bits per heavy atom. The number of carboxylic acid groups (broad SMARTS) is 1. The van der Waals surface area contributed by atoms with Gasteiger partial charge in [0.05, 0.1) is 5.69 Å². The fourth-order valence-electron chi connectivity index (χ4n) is 2.76. The summed E-state index contributed by atoms with van der Waals surface area (Å²) >= 11 is 0. The predicted molar refractivity (Wildman–Crippen MR) is 65.2 cm³/mol. The number of aromatic nitrogens is 2. The minimum Gasteiger partial charge on any atom is -0.477 e. The molecule has 1 aromatic rings. The van der Waals surface area contributed by atoms with Gasteiger partial charge in [-0.25, -0.2) is 9.78 Å². The van der Waals surface area contributed by atoms with Crippen molar-refractivity contribution in [1.29, 1.82) is 0 Å². The van der Waals surface area contributed by atoms with Crippen molar-refractivity contribution in [1.82, 2.24) is 9.55 Å². The summed E-state index contributed by atoms with van der Waals surface area (Å²) in [5, 5.41) is 9.19. The Bertz CT molecular complexity index is 417. The van der Waals surface area contributed by atoms with Crippen LogP contribution in [0.5, 0.6) is 0 Å². The van der Waals surface area contributed by atoms with Crippen LogP contribution in [0.25, 0.3) is 0 Å². The summed E-state index contributed by atoms with van der Waals surface area (Å²) in [5.41, 5.74) is 1.12. The van der Waals surface area contributed by atoms with Crippen molar-refractivity contribution in [2.75, 3.05) is 0 Å². The Kier molecular flexibility index (Phi) is 3.50. The molecule has 0 amide bonds. The Hall–Kier alpha value is -1.32. The summed E-state index contributed by atoms with van der Waals surface area (Å²) in [6.45, 7) is 1.85. The molecule has 0 aliphatic heterocycles. The van der Waals surface area contributed by atoms with Gasteiger partial charge in [-0.1, -0.05) is 25.7 Å². The monoisotopic (exact) mass is 236 g/mol. The van der Waals surface area contributed by atoms with Gasteiger partial charge in [0.2, 0.25) is 0 Å². The molecule has 4 heteroatoms. The highest BCUT2D eigenvalue weighted by molar-refractivity contribution is 5.87. The fourth-order valence-corrected chi connectivity index (χ4v) is 2.76. The zero-order valence-corrected chi connectivity index (χ0v) is 10.6. The van der Waals surface area contributed by atoms with Gasteiger partial charge in [0.25, 0.3) is 0 Å². The molecule has 0 saturated heterocycles. The van der Waals surface area contributed by atoms with Crippen LogP contribution in [0.2, 0.25) is 0 Å². The minimum atomic E-state index is -0.866. The molecule has 4 nitrogen and oxygen atoms in total. The van der Waals surface area contributed by atoms with E-state index in [4.69, 9.17) is 0 Å². The van der Waals surface area contributed by atoms with E-state index in [0.717, 1.165) is 30.3 Å². The van der Waals surface area contributed by atoms with Gasteiger partial charge in [-0.05, 0) is 25.7 Å². The molecule has 0 bridgehead atoms. The standard InChI is InChI=1S/C13H20N2O2/c1-9-14-11(12(13(16)17)15(9)2)8-7-10-5-3-4-6-10/h10H,3-8H2,1-2H3,(H,16,17). The third-order valence-electron chi connectivity index (χ3n) is 3.86. The number of rotatable bonds is 4. The lowest BCUT2D eigenvalue weighted by Crippen LogP contribution is -2.09. The van der Waals surface area contributed by atoms with Crippen LogP contribution in [-0.4, -0.2) is 20.6 Å². The SMILES string of the molecule is Cc1nc(CCC2CCCC2)c(C(=O)O)n1C. The Morgan fingerprint density at radius 3 is 2.71 bits per heavy atom. The van der Waals surface area contributed by atoms with Crippen LogP contribution in [0.4, 0.5) is 0 Å². The molecule has 1 fully saturated rings. The van der Waals surface area contributed by atoms with Gasteiger partial charge in [0, 0.05) is 7.05 Å². The predicted octanol–water partition coefficient (Wildman–Crippen LogP) is 2.55. The van der Waals surface area contributed by atoms with E-state index in [2.05, 4.69) is 4.98 Å². The Balaban J connectivity index is 2.09. The van der Waals surface area contributed by atoms with Crippen molar-refractivity contribution < 1.29 is 9.90 Å². The maximum absolute atomic E-state index is 11.2. The number of carbonyl (C=O) groups is 1. The molecule has 17 heavy (non-hydrogen) atoms. The molecule has 0 spiro atoms. The molecule has 0 atom stereocenters. The van der Waals surface area contributed by atoms with Crippen LogP contribution in [0, 0.1) is 12.8 Å². The molecule has 1 aliphatic carbocycles. The average molecular weight is 236 g/mol. The molecule has 1 saturated carbocycles. The summed E-state index contributed by atoms with van der Waals surface area (Å²) in [6.07, 6.45) is 7.14. The number of aryl methyl sites for hydroxylation is 2. The Morgan fingerprint density at radius 2 is 2.12 bits per heavy atom. The van der Waals surface area contributed by atoms with Crippen molar-refractivity contribution in [3.63, 3.8) is 0 Å². The quantitative estimate of drug-likeness (QED) is 0.874. The van der Waals surface area contributed by atoms with Gasteiger partial charge in [-0.2, -0.15) is 0 Å². The third kappa shape index (κ3) is 2.51. The van der Waals surface area contributed by atoms with E-state index in [0.29, 0.717) is 5.69 Å². The first-order valence-corrected chi connectivity index (χ1v) is 6.35. The van der Waals surface area contributed by atoms with Crippen LogP contribution in [0.1, 0.15) is 54.1 Å². The van der Waals surface area contributed by atoms with E-state index in [9.17, 15) is 9.90 Å². The summed E-state index contributed by atoms with van der Waals surface area (Å²) in [5.74, 6) is 0.692. The van der Waals surface area contributed by atoms with Gasteiger partial charge in [0.15, 0.2) is 0 Å². The number of imidazole rings is 1. The van der Waals surface area contributed by atoms with E-state index in [1.807, 2.05) is 6.92 Å². The molecule has 0 radical (unpaired) electrons. The zero-order valence-electron chi connectivity index (χ0n) is 10.6. The molecular formula is C13H20N2O2. The van der Waals surface area contributed by atoms with Crippen LogP contribution >= 0.6 is 0 Å². The second-order valence-electron chi connectivity index (χ2n) is 5.01. The van der Waals surface area contributed by atoms with Crippen molar-refractivity contribution in [3.8, 4) is 0 Å². The molecule has 0 aromatic carbocycles. The maximum Gasteiger partial charge on any atom is 0.354 e. The average Bonchev–Trinajstić information content (AvgIpc) is 2.85. The summed E-state index contributed by atoms with van der Waals surface area (Å²) in [4.78, 5) is 15.6. The van der Waals surface area contributed by atoms with Gasteiger partial charge >= 0.3 is 5.97 Å². The smallest absolute Gasteiger partial charge is 0.354 e. The highest BCUT2D eigenvalue weighted by atomic mass is 16.4. The first-order chi connectivity index (χ1) is 8.09. The van der Waals surface area contributed by atoms with Crippen molar-refractivity contribution in [2.45, 2.75) is 45.4 Å². The third-order valence-corrected chi connectivity index (χ3v) is 3.86. The van der Waals surface area contributed by atoms with Crippen LogP contribution in [-0.2, 0) is 13.5 Å². The highest BCUT2D eigenvalue weighted by Crippen LogP contribution is 2.29. The van der Waals surface area contributed by atoms with Crippen molar-refractivity contribution in [2.24, 2.45) is 13.0 Å². The number of carboxylic acids is 1. The molecule has 94 valence electrons. The number of hydrogen-bond acceptors (Lipinski definition) is 2. The van der Waals surface area contributed by atoms with Crippen molar-refractivity contribution >= 4 is 5.97 Å². The molecular weight excluding hydrogens is 216 g/mol. The van der Waals surface area contributed by atoms with E-state index in [-0.39, 0.29) is 0 Å². The van der Waals surface area contributed by atoms with Gasteiger partial charge in [0.1, 0.15) is 11.5 Å². The summed E-state index contributed by atoms with van der Waals surface area (Å²) in [6, 6.07) is 0. The van der Waals surface area contributed by atoms with Gasteiger partial charge in [-0.15, -0.1) is 0 Å². The molecule has 1 aliphatic rings. The number of nitrogens with zero attached hydrogens (tertiary/aromatic N) is 2. The Labute approximate surface area is 102 Å². The van der Waals surface area contributed by atoms with Crippen LogP contribution < -0.4 is 0 Å². The topological polar surface area (TPSA) is 55.1 Å². The van der Waals surface area contributed by atoms with E-state index in [1.54, 1.807) is 11.6 Å². The van der Waals surface area contributed by atoms with Crippen LogP contribution in [0.3, 0.4) is 0 Å². The lowest BCUT2D eigenvalue weighted by atomic mass is 10.00. The highest BCUT2D eigenvalue weighted by Gasteiger charge is 2.21. The van der Waals surface area contributed by atoms with E-state index >= 15 is 0 Å². The number of aromatic carboxylic acids is 1. The number of hydrogen-bond donors (Lipinski definition) is 1. The van der Waals surface area contributed by atoms with E-state index < -0.39 is 5.97 Å². The lowest BCUT2D eigenvalue weighted by molar-refractivity contribution is 0.0684. The lowest BCUT2D eigenvalue weighted by Gasteiger charge is -2.07. The largest absolute Gasteiger partial charge is 0.477 e. The molecule has 0 unspecified atom stereocenters. The first-order valence-electron chi connectivity index (χ1n) is 6.35. The molecule has 1 heterocycles. The zero-order chi connectivity index (χ0) is 12.4. The van der Waals surface area contributed by atoms with Gasteiger partial charge in [-0.3, -0.25) is 0 Å². The maximum atomic E-state index is 11.2. The molecule has 1 N–H and O–H groups in total. The molecule has 2 rings (SSSR count). The molecule has 1 aromatic heterocycles. The second-order valence-corrected chi connectivity index (χ2v) is 5.01. The fraction of sp³-hybridized carbons (Fsp3) is 0.692. The second kappa shape index (κ2) is 4.90. The first kappa shape index (κ1) is 12.1.